The Morgan fingerprint density at radius 2 is 2.62 bits per heavy atom. The van der Waals surface area contributed by atoms with Crippen LogP contribution in [0.15, 0.2) is 17.0 Å². The van der Waals surface area contributed by atoms with Crippen LogP contribution in [0.1, 0.15) is 5.76 Å². The van der Waals surface area contributed by atoms with Gasteiger partial charge in [0.2, 0.25) is 0 Å². The van der Waals surface area contributed by atoms with Crippen LogP contribution in [-0.4, -0.2) is 11.5 Å². The fourth-order valence-corrected chi connectivity index (χ4v) is 0.508. The van der Waals surface area contributed by atoms with Gasteiger partial charge in [-0.2, -0.15) is 0 Å². The summed E-state index contributed by atoms with van der Waals surface area (Å²) in [6, 6.07) is 0. The molecule has 2 N–H and O–H groups in total. The molecule has 44 valence electrons. The van der Waals surface area contributed by atoms with Crippen molar-refractivity contribution >= 4 is 0 Å². The van der Waals surface area contributed by atoms with Gasteiger partial charge in [0.15, 0.2) is 6.39 Å². The number of rotatable bonds is 2. The highest BCUT2D eigenvalue weighted by Crippen LogP contribution is 1.94. The first-order chi connectivity index (χ1) is 3.93. The molecule has 0 bridgehead atoms. The summed E-state index contributed by atoms with van der Waals surface area (Å²) in [4.78, 5) is 3.72. The molecule has 0 fully saturated rings. The van der Waals surface area contributed by atoms with E-state index in [0.29, 0.717) is 6.54 Å². The number of nitrogens with zero attached hydrogens (tertiary/aromatic N) is 1. The molecule has 1 aromatic heterocycles. The summed E-state index contributed by atoms with van der Waals surface area (Å²) >= 11 is 0. The van der Waals surface area contributed by atoms with E-state index in [-0.39, 0.29) is 0 Å². The molecule has 8 heavy (non-hydrogen) atoms. The number of hydrogen-bond acceptors (Lipinski definition) is 3. The molecule has 0 radical (unpaired) electrons. The van der Waals surface area contributed by atoms with Crippen LogP contribution in [0.3, 0.4) is 0 Å². The zero-order valence-corrected chi connectivity index (χ0v) is 4.50. The van der Waals surface area contributed by atoms with Crippen LogP contribution >= 0.6 is 0 Å². The Hall–Kier alpha value is -0.830. The minimum atomic E-state index is 0.620. The molecule has 1 rings (SSSR count). The van der Waals surface area contributed by atoms with Crippen molar-refractivity contribution < 1.29 is 4.42 Å². The van der Waals surface area contributed by atoms with Crippen LogP contribution in [0.25, 0.3) is 0 Å². The molecule has 0 amide bonds. The Morgan fingerprint density at radius 1 is 1.75 bits per heavy atom. The van der Waals surface area contributed by atoms with E-state index >= 15 is 0 Å². The quantitative estimate of drug-likeness (QED) is 0.593. The Bertz CT molecular complexity index is 136. The summed E-state index contributed by atoms with van der Waals surface area (Å²) in [5, 5.41) is 0. The van der Waals surface area contributed by atoms with Crippen LogP contribution < -0.4 is 5.73 Å². The average Bonchev–Trinajstić information content (AvgIpc) is 2.19. The van der Waals surface area contributed by atoms with Crippen LogP contribution in [0, 0.1) is 0 Å². The van der Waals surface area contributed by atoms with Gasteiger partial charge < -0.3 is 10.2 Å². The number of oxazole rings is 1. The Labute approximate surface area is 47.5 Å². The summed E-state index contributed by atoms with van der Waals surface area (Å²) in [5.74, 6) is 0.854. The van der Waals surface area contributed by atoms with Gasteiger partial charge in [-0.15, -0.1) is 0 Å². The molecule has 0 aromatic carbocycles. The minimum absolute atomic E-state index is 0.620. The van der Waals surface area contributed by atoms with E-state index in [4.69, 9.17) is 10.2 Å². The van der Waals surface area contributed by atoms with Crippen LogP contribution in [0.4, 0.5) is 0 Å². The highest BCUT2D eigenvalue weighted by Gasteiger charge is 1.90. The van der Waals surface area contributed by atoms with Crippen LogP contribution in [0.5, 0.6) is 0 Å². The van der Waals surface area contributed by atoms with Crippen molar-refractivity contribution in [3.8, 4) is 0 Å². The van der Waals surface area contributed by atoms with Gasteiger partial charge in [0, 0.05) is 6.42 Å². The summed E-state index contributed by atoms with van der Waals surface area (Å²) < 4.78 is 4.88. The molecule has 3 heteroatoms. The summed E-state index contributed by atoms with van der Waals surface area (Å²) in [7, 11) is 0. The Balaban J connectivity index is 2.50. The van der Waals surface area contributed by atoms with Gasteiger partial charge in [-0.05, 0) is 6.54 Å². The van der Waals surface area contributed by atoms with E-state index in [1.165, 1.54) is 6.39 Å². The third-order valence-electron chi connectivity index (χ3n) is 0.874. The second kappa shape index (κ2) is 2.47. The van der Waals surface area contributed by atoms with Gasteiger partial charge in [0.1, 0.15) is 5.76 Å². The van der Waals surface area contributed by atoms with Gasteiger partial charge >= 0.3 is 0 Å². The monoisotopic (exact) mass is 112 g/mol. The maximum Gasteiger partial charge on any atom is 0.180 e. The maximum atomic E-state index is 5.23. The van der Waals surface area contributed by atoms with Crippen LogP contribution in [-0.2, 0) is 6.42 Å². The van der Waals surface area contributed by atoms with Gasteiger partial charge in [-0.1, -0.05) is 0 Å². The normalized spacial score (nSPS) is 9.62. The number of nitrogens with two attached hydrogens (primary N) is 1. The van der Waals surface area contributed by atoms with Crippen molar-refractivity contribution in [3.63, 3.8) is 0 Å². The minimum Gasteiger partial charge on any atom is -0.448 e. The fourth-order valence-electron chi connectivity index (χ4n) is 0.508. The van der Waals surface area contributed by atoms with Gasteiger partial charge in [0.05, 0.1) is 6.20 Å². The first-order valence-corrected chi connectivity index (χ1v) is 2.51. The predicted octanol–water partition coefficient (Wildman–Crippen LogP) is 0.176. The summed E-state index contributed by atoms with van der Waals surface area (Å²) in [6.07, 6.45) is 3.86. The van der Waals surface area contributed by atoms with Crippen molar-refractivity contribution in [1.82, 2.24) is 4.98 Å². The molecule has 0 unspecified atom stereocenters. The van der Waals surface area contributed by atoms with Crippen molar-refractivity contribution in [2.45, 2.75) is 6.42 Å². The van der Waals surface area contributed by atoms with Crippen molar-refractivity contribution in [3.05, 3.63) is 18.4 Å². The molecule has 0 atom stereocenters. The largest absolute Gasteiger partial charge is 0.448 e. The lowest BCUT2D eigenvalue weighted by Crippen LogP contribution is -2.01. The smallest absolute Gasteiger partial charge is 0.180 e. The zero-order chi connectivity index (χ0) is 5.82. The molecule has 0 saturated heterocycles. The topological polar surface area (TPSA) is 52.0 Å². The van der Waals surface area contributed by atoms with Gasteiger partial charge in [-0.25, -0.2) is 4.98 Å². The lowest BCUT2D eigenvalue weighted by atomic mass is 10.4. The van der Waals surface area contributed by atoms with E-state index < -0.39 is 0 Å². The Morgan fingerprint density at radius 3 is 3.12 bits per heavy atom. The second-order valence-corrected chi connectivity index (χ2v) is 1.51. The maximum absolute atomic E-state index is 5.23. The Kier molecular flexibility index (Phi) is 1.64. The first-order valence-electron chi connectivity index (χ1n) is 2.51. The van der Waals surface area contributed by atoms with E-state index in [1.54, 1.807) is 6.20 Å². The molecule has 3 nitrogen and oxygen atoms in total. The van der Waals surface area contributed by atoms with E-state index in [1.807, 2.05) is 0 Å². The van der Waals surface area contributed by atoms with E-state index in [9.17, 15) is 0 Å². The molecule has 0 aliphatic heterocycles. The number of hydrogen-bond donors (Lipinski definition) is 1. The SMILES string of the molecule is NCCc1cnco1. The van der Waals surface area contributed by atoms with Gasteiger partial charge in [0.25, 0.3) is 0 Å². The molecular formula is C5H8N2O. The molecule has 0 aliphatic carbocycles. The predicted molar refractivity (Wildman–Crippen MR) is 29.3 cm³/mol. The standard InChI is InChI=1S/C5H8N2O/c6-2-1-5-3-7-4-8-5/h3-4H,1-2,6H2. The lowest BCUT2D eigenvalue weighted by Gasteiger charge is -1.84. The molecule has 1 aromatic rings. The highest BCUT2D eigenvalue weighted by molar-refractivity contribution is 4.87. The molecule has 1 heterocycles. The highest BCUT2D eigenvalue weighted by atomic mass is 16.3. The number of aromatic nitrogens is 1. The van der Waals surface area contributed by atoms with E-state index in [2.05, 4.69) is 4.98 Å². The second-order valence-electron chi connectivity index (χ2n) is 1.51. The van der Waals surface area contributed by atoms with E-state index in [0.717, 1.165) is 12.2 Å². The summed E-state index contributed by atoms with van der Waals surface area (Å²) in [6.45, 7) is 0.620. The third kappa shape index (κ3) is 1.07. The molecular weight excluding hydrogens is 104 g/mol. The fraction of sp³-hybridized carbons (Fsp3) is 0.400. The average molecular weight is 112 g/mol. The summed E-state index contributed by atoms with van der Waals surface area (Å²) in [5.41, 5.74) is 5.23. The molecule has 0 aliphatic rings. The first kappa shape index (κ1) is 5.31. The molecule has 0 spiro atoms. The van der Waals surface area contributed by atoms with Crippen molar-refractivity contribution in [2.24, 2.45) is 5.73 Å². The van der Waals surface area contributed by atoms with Gasteiger partial charge in [-0.3, -0.25) is 0 Å². The third-order valence-corrected chi connectivity index (χ3v) is 0.874. The molecule has 0 saturated carbocycles. The van der Waals surface area contributed by atoms with Crippen LogP contribution in [0.2, 0.25) is 0 Å². The van der Waals surface area contributed by atoms with Crippen molar-refractivity contribution in [2.75, 3.05) is 6.54 Å². The van der Waals surface area contributed by atoms with Crippen molar-refractivity contribution in [1.29, 1.82) is 0 Å². The zero-order valence-electron chi connectivity index (χ0n) is 4.50. The lowest BCUT2D eigenvalue weighted by molar-refractivity contribution is 0.505.